The van der Waals surface area contributed by atoms with E-state index in [9.17, 15) is 9.59 Å². The van der Waals surface area contributed by atoms with Crippen LogP contribution in [-0.4, -0.2) is 27.1 Å². The molecule has 4 rings (SSSR count). The third-order valence-electron chi connectivity index (χ3n) is 4.10. The molecule has 2 heterocycles. The molecule has 0 aliphatic heterocycles. The number of carbonyl (C=O) groups excluding carboxylic acids is 2. The molecule has 150 valence electrons. The van der Waals surface area contributed by atoms with E-state index in [2.05, 4.69) is 31.1 Å². The molecular weight excluding hydrogens is 400 g/mol. The molecule has 9 heteroatoms. The van der Waals surface area contributed by atoms with E-state index in [0.29, 0.717) is 28.6 Å². The number of aromatic nitrogens is 3. The molecule has 30 heavy (non-hydrogen) atoms. The van der Waals surface area contributed by atoms with Gasteiger partial charge in [0.1, 0.15) is 5.82 Å². The first kappa shape index (κ1) is 19.3. The molecule has 0 saturated carbocycles. The lowest BCUT2D eigenvalue weighted by Gasteiger charge is -2.09. The minimum Gasteiger partial charge on any atom is -0.331 e. The fourth-order valence-corrected chi connectivity index (χ4v) is 3.35. The second-order valence-corrected chi connectivity index (χ2v) is 7.24. The third-order valence-corrected chi connectivity index (χ3v) is 4.97. The van der Waals surface area contributed by atoms with Crippen molar-refractivity contribution in [3.63, 3.8) is 0 Å². The first-order valence-electron chi connectivity index (χ1n) is 9.14. The number of aromatic amines is 1. The van der Waals surface area contributed by atoms with Gasteiger partial charge in [-0.1, -0.05) is 30.3 Å². The highest BCUT2D eigenvalue weighted by molar-refractivity contribution is 7.13. The Bertz CT molecular complexity index is 1140. The number of carbonyl (C=O) groups is 2. The van der Waals surface area contributed by atoms with Crippen LogP contribution >= 0.6 is 11.3 Å². The van der Waals surface area contributed by atoms with Gasteiger partial charge in [0.25, 0.3) is 5.91 Å². The first-order valence-corrected chi connectivity index (χ1v) is 10.0. The summed E-state index contributed by atoms with van der Waals surface area (Å²) in [6, 6.07) is 19.3. The molecule has 0 saturated heterocycles. The van der Waals surface area contributed by atoms with Crippen molar-refractivity contribution in [1.82, 2.24) is 20.5 Å². The van der Waals surface area contributed by atoms with Crippen molar-refractivity contribution >= 4 is 34.6 Å². The Hall–Kier alpha value is -3.98. The van der Waals surface area contributed by atoms with Crippen LogP contribution in [0.15, 0.2) is 72.1 Å². The van der Waals surface area contributed by atoms with Gasteiger partial charge in [-0.05, 0) is 41.8 Å². The van der Waals surface area contributed by atoms with E-state index in [-0.39, 0.29) is 12.5 Å². The van der Waals surface area contributed by atoms with Gasteiger partial charge in [0.05, 0.1) is 11.4 Å². The Morgan fingerprint density at radius 2 is 1.73 bits per heavy atom. The Labute approximate surface area is 176 Å². The molecule has 4 N–H and O–H groups in total. The zero-order valence-corrected chi connectivity index (χ0v) is 16.6. The summed E-state index contributed by atoms with van der Waals surface area (Å²) < 4.78 is 0. The van der Waals surface area contributed by atoms with Crippen molar-refractivity contribution < 1.29 is 9.59 Å². The minimum atomic E-state index is -0.393. The van der Waals surface area contributed by atoms with Crippen molar-refractivity contribution in [2.45, 2.75) is 6.54 Å². The highest BCUT2D eigenvalue weighted by atomic mass is 32.1. The zero-order valence-electron chi connectivity index (χ0n) is 15.8. The monoisotopic (exact) mass is 418 g/mol. The molecule has 0 fully saturated rings. The van der Waals surface area contributed by atoms with Gasteiger partial charge in [0.15, 0.2) is 5.82 Å². The number of urea groups is 1. The van der Waals surface area contributed by atoms with Crippen LogP contribution in [0.4, 0.5) is 16.2 Å². The highest BCUT2D eigenvalue weighted by Gasteiger charge is 2.09. The zero-order chi connectivity index (χ0) is 20.8. The Morgan fingerprint density at radius 3 is 2.50 bits per heavy atom. The second kappa shape index (κ2) is 9.01. The van der Waals surface area contributed by atoms with Crippen LogP contribution in [0.5, 0.6) is 0 Å². The summed E-state index contributed by atoms with van der Waals surface area (Å²) in [5.74, 6) is 0.936. The van der Waals surface area contributed by atoms with Crippen LogP contribution in [0.2, 0.25) is 0 Å². The lowest BCUT2D eigenvalue weighted by atomic mass is 10.2. The summed E-state index contributed by atoms with van der Waals surface area (Å²) in [7, 11) is 0. The van der Waals surface area contributed by atoms with E-state index >= 15 is 0 Å². The summed E-state index contributed by atoms with van der Waals surface area (Å²) in [6.07, 6.45) is 0. The molecule has 0 bridgehead atoms. The van der Waals surface area contributed by atoms with E-state index < -0.39 is 6.03 Å². The molecule has 0 aliphatic carbocycles. The van der Waals surface area contributed by atoms with E-state index in [1.165, 1.54) is 0 Å². The number of thiophene rings is 1. The van der Waals surface area contributed by atoms with Crippen LogP contribution < -0.4 is 16.0 Å². The predicted octanol–water partition coefficient (Wildman–Crippen LogP) is 4.11. The van der Waals surface area contributed by atoms with E-state index in [1.807, 2.05) is 23.6 Å². The number of hydrogen-bond acceptors (Lipinski definition) is 5. The number of amides is 3. The molecule has 0 spiro atoms. The molecule has 3 amide bonds. The average Bonchev–Trinajstić information content (AvgIpc) is 3.45. The largest absolute Gasteiger partial charge is 0.331 e. The van der Waals surface area contributed by atoms with Gasteiger partial charge in [-0.3, -0.25) is 9.89 Å². The van der Waals surface area contributed by atoms with Crippen LogP contribution in [0, 0.1) is 0 Å². The standard InChI is InChI=1S/C21H18N6O2S/c28-20(14-6-2-1-3-7-14)23-15-8-4-9-16(12-15)24-21(29)22-13-18-25-19(27-26-18)17-10-5-11-30-17/h1-12H,13H2,(H,23,28)(H2,22,24,29)(H,25,26,27). The van der Waals surface area contributed by atoms with Gasteiger partial charge in [0.2, 0.25) is 0 Å². The molecular formula is C21H18N6O2S. The minimum absolute atomic E-state index is 0.203. The molecule has 0 aliphatic rings. The van der Waals surface area contributed by atoms with Crippen molar-refractivity contribution in [2.24, 2.45) is 0 Å². The van der Waals surface area contributed by atoms with Crippen LogP contribution in [0.25, 0.3) is 10.7 Å². The Morgan fingerprint density at radius 1 is 0.933 bits per heavy atom. The lowest BCUT2D eigenvalue weighted by Crippen LogP contribution is -2.28. The summed E-state index contributed by atoms with van der Waals surface area (Å²) in [6.45, 7) is 0.203. The number of rotatable bonds is 6. The SMILES string of the molecule is O=C(NCc1nc(-c2cccs2)n[nH]1)Nc1cccc(NC(=O)c2ccccc2)c1. The van der Waals surface area contributed by atoms with Crippen LogP contribution in [-0.2, 0) is 6.54 Å². The quantitative estimate of drug-likeness (QED) is 0.377. The smallest absolute Gasteiger partial charge is 0.319 e. The predicted molar refractivity (Wildman–Crippen MR) is 116 cm³/mol. The molecule has 0 unspecified atom stereocenters. The second-order valence-electron chi connectivity index (χ2n) is 6.29. The molecule has 0 atom stereocenters. The van der Waals surface area contributed by atoms with E-state index in [0.717, 1.165) is 4.88 Å². The first-order chi connectivity index (χ1) is 14.7. The van der Waals surface area contributed by atoms with Crippen LogP contribution in [0.3, 0.4) is 0 Å². The third kappa shape index (κ3) is 4.89. The van der Waals surface area contributed by atoms with Crippen molar-refractivity contribution in [3.05, 3.63) is 83.5 Å². The molecule has 2 aromatic heterocycles. The number of nitrogens with one attached hydrogen (secondary N) is 4. The molecule has 4 aromatic rings. The summed E-state index contributed by atoms with van der Waals surface area (Å²) in [4.78, 5) is 29.8. The maximum atomic E-state index is 12.3. The van der Waals surface area contributed by atoms with E-state index in [4.69, 9.17) is 0 Å². The average molecular weight is 418 g/mol. The number of H-pyrrole nitrogens is 1. The van der Waals surface area contributed by atoms with Gasteiger partial charge >= 0.3 is 6.03 Å². The van der Waals surface area contributed by atoms with Gasteiger partial charge < -0.3 is 16.0 Å². The Balaban J connectivity index is 1.31. The molecule has 2 aromatic carbocycles. The number of hydrogen-bond donors (Lipinski definition) is 4. The highest BCUT2D eigenvalue weighted by Crippen LogP contribution is 2.20. The number of nitrogens with zero attached hydrogens (tertiary/aromatic N) is 2. The van der Waals surface area contributed by atoms with Gasteiger partial charge in [-0.15, -0.1) is 11.3 Å². The van der Waals surface area contributed by atoms with Crippen molar-refractivity contribution in [1.29, 1.82) is 0 Å². The van der Waals surface area contributed by atoms with Gasteiger partial charge in [-0.2, -0.15) is 5.10 Å². The molecule has 8 nitrogen and oxygen atoms in total. The number of anilines is 2. The topological polar surface area (TPSA) is 112 Å². The number of benzene rings is 2. The van der Waals surface area contributed by atoms with E-state index in [1.54, 1.807) is 59.9 Å². The summed E-state index contributed by atoms with van der Waals surface area (Å²) in [5.41, 5.74) is 1.69. The van der Waals surface area contributed by atoms with Gasteiger partial charge in [0, 0.05) is 16.9 Å². The van der Waals surface area contributed by atoms with Crippen molar-refractivity contribution in [2.75, 3.05) is 10.6 Å². The fraction of sp³-hybridized carbons (Fsp3) is 0.0476. The summed E-state index contributed by atoms with van der Waals surface area (Å²) in [5, 5.41) is 17.2. The molecule has 0 radical (unpaired) electrons. The summed E-state index contributed by atoms with van der Waals surface area (Å²) >= 11 is 1.54. The normalized spacial score (nSPS) is 10.4. The lowest BCUT2D eigenvalue weighted by molar-refractivity contribution is 0.102. The maximum Gasteiger partial charge on any atom is 0.319 e. The maximum absolute atomic E-state index is 12.3. The van der Waals surface area contributed by atoms with Crippen LogP contribution in [0.1, 0.15) is 16.2 Å². The Kier molecular flexibility index (Phi) is 5.81. The van der Waals surface area contributed by atoms with Gasteiger partial charge in [-0.25, -0.2) is 9.78 Å². The fourth-order valence-electron chi connectivity index (χ4n) is 2.70. The van der Waals surface area contributed by atoms with Crippen molar-refractivity contribution in [3.8, 4) is 10.7 Å².